The van der Waals surface area contributed by atoms with Crippen molar-refractivity contribution < 1.29 is 19.7 Å². The van der Waals surface area contributed by atoms with Gasteiger partial charge in [-0.05, 0) is 38.2 Å². The van der Waals surface area contributed by atoms with Crippen LogP contribution >= 0.6 is 0 Å². The first-order chi connectivity index (χ1) is 15.0. The van der Waals surface area contributed by atoms with Crippen LogP contribution in [0.15, 0.2) is 30.4 Å². The van der Waals surface area contributed by atoms with E-state index in [9.17, 15) is 15.0 Å². The number of carbonyl (C=O) groups excluding carboxylic acids is 1. The molecule has 0 unspecified atom stereocenters. The Hall–Kier alpha value is -2.29. The number of benzene rings is 1. The third-order valence-electron chi connectivity index (χ3n) is 6.43. The van der Waals surface area contributed by atoms with Crippen molar-refractivity contribution in [1.29, 1.82) is 0 Å². The lowest BCUT2D eigenvalue weighted by Crippen LogP contribution is -2.22. The lowest BCUT2D eigenvalue weighted by molar-refractivity contribution is -0.121. The molecule has 0 radical (unpaired) electrons. The number of amides is 1. The van der Waals surface area contributed by atoms with Crippen LogP contribution in [0.1, 0.15) is 63.5 Å². The van der Waals surface area contributed by atoms with E-state index in [1.807, 2.05) is 32.1 Å². The van der Waals surface area contributed by atoms with Gasteiger partial charge in [0.1, 0.15) is 11.9 Å². The zero-order valence-corrected chi connectivity index (χ0v) is 18.8. The summed E-state index contributed by atoms with van der Waals surface area (Å²) in [5.74, 6) is 6.93. The highest BCUT2D eigenvalue weighted by Gasteiger charge is 2.48. The molecule has 168 valence electrons. The molecule has 1 aliphatic carbocycles. The fraction of sp³-hybridized carbons (Fsp3) is 0.577. The van der Waals surface area contributed by atoms with Gasteiger partial charge in [0.25, 0.3) is 0 Å². The van der Waals surface area contributed by atoms with Gasteiger partial charge in [-0.15, -0.1) is 11.8 Å². The van der Waals surface area contributed by atoms with E-state index < -0.39 is 12.2 Å². The number of aryl methyl sites for hydroxylation is 1. The van der Waals surface area contributed by atoms with Crippen LogP contribution in [0.5, 0.6) is 5.75 Å². The van der Waals surface area contributed by atoms with Gasteiger partial charge in [-0.1, -0.05) is 37.3 Å². The fourth-order valence-electron chi connectivity index (χ4n) is 4.71. The van der Waals surface area contributed by atoms with Crippen LogP contribution in [0.2, 0.25) is 0 Å². The van der Waals surface area contributed by atoms with Gasteiger partial charge in [0.15, 0.2) is 0 Å². The van der Waals surface area contributed by atoms with E-state index in [2.05, 4.69) is 29.3 Å². The number of rotatable bonds is 9. The van der Waals surface area contributed by atoms with E-state index >= 15 is 0 Å². The van der Waals surface area contributed by atoms with Gasteiger partial charge in [-0.3, -0.25) is 4.79 Å². The third kappa shape index (κ3) is 5.50. The van der Waals surface area contributed by atoms with Crippen molar-refractivity contribution in [1.82, 2.24) is 5.32 Å². The molecule has 3 rings (SSSR count). The van der Waals surface area contributed by atoms with Gasteiger partial charge in [0.05, 0.1) is 12.2 Å². The van der Waals surface area contributed by atoms with Gasteiger partial charge < -0.3 is 20.3 Å². The molecule has 1 saturated carbocycles. The van der Waals surface area contributed by atoms with Crippen LogP contribution in [0, 0.1) is 23.7 Å². The van der Waals surface area contributed by atoms with Crippen LogP contribution in [0.4, 0.5) is 0 Å². The van der Waals surface area contributed by atoms with Crippen molar-refractivity contribution >= 4 is 5.91 Å². The topological polar surface area (TPSA) is 78.8 Å². The molecule has 0 saturated heterocycles. The third-order valence-corrected chi connectivity index (χ3v) is 6.43. The normalized spacial score (nSPS) is 25.8. The smallest absolute Gasteiger partial charge is 0.219 e. The molecule has 1 heterocycles. The summed E-state index contributed by atoms with van der Waals surface area (Å²) in [4.78, 5) is 11.7. The van der Waals surface area contributed by atoms with Crippen LogP contribution in [0.25, 0.3) is 0 Å². The lowest BCUT2D eigenvalue weighted by atomic mass is 9.86. The maximum absolute atomic E-state index is 11.7. The molecule has 1 amide bonds. The van der Waals surface area contributed by atoms with E-state index in [0.717, 1.165) is 29.7 Å². The summed E-state index contributed by atoms with van der Waals surface area (Å²) in [6, 6.07) is 6.19. The summed E-state index contributed by atoms with van der Waals surface area (Å²) in [5, 5.41) is 23.9. The molecule has 1 fully saturated rings. The predicted molar refractivity (Wildman–Crippen MR) is 122 cm³/mol. The highest BCUT2D eigenvalue weighted by molar-refractivity contribution is 5.75. The minimum absolute atomic E-state index is 0.0432. The highest BCUT2D eigenvalue weighted by Crippen LogP contribution is 2.52. The molecule has 2 aliphatic rings. The number of fused-ring (bicyclic) bond motifs is 3. The number of ether oxygens (including phenoxy) is 1. The standard InChI is InChI=1S/C26H35NO4/c1-4-6-9-17(3)21(28)15-14-19-22(29)16-23-25(19)20-12-7-10-18(26(20)31-23)11-8-13-24(30)27-5-2/h7,10,12,14-15,17,19,21-23,25,28-29H,5,8-9,11,13,16H2,1-3H3,(H,27,30)/t17-,19+,21-,22-,23+,25+/m1/s1. The first-order valence-electron chi connectivity index (χ1n) is 11.4. The molecule has 5 heteroatoms. The van der Waals surface area contributed by atoms with Crippen molar-refractivity contribution in [2.45, 2.75) is 77.1 Å². The number of carbonyl (C=O) groups is 1. The maximum Gasteiger partial charge on any atom is 0.219 e. The number of aliphatic hydroxyl groups excluding tert-OH is 2. The second kappa shape index (κ2) is 10.8. The van der Waals surface area contributed by atoms with Crippen molar-refractivity contribution in [2.75, 3.05) is 6.54 Å². The van der Waals surface area contributed by atoms with Gasteiger partial charge in [0.2, 0.25) is 5.91 Å². The average Bonchev–Trinajstić information content (AvgIpc) is 3.25. The summed E-state index contributed by atoms with van der Waals surface area (Å²) < 4.78 is 6.30. The number of nitrogens with one attached hydrogen (secondary N) is 1. The number of aliphatic hydroxyl groups is 2. The van der Waals surface area contributed by atoms with Crippen molar-refractivity contribution in [2.24, 2.45) is 11.8 Å². The molecular weight excluding hydrogens is 390 g/mol. The molecule has 1 aliphatic heterocycles. The van der Waals surface area contributed by atoms with E-state index in [0.29, 0.717) is 25.8 Å². The van der Waals surface area contributed by atoms with E-state index in [1.54, 1.807) is 6.92 Å². The Morgan fingerprint density at radius 2 is 2.23 bits per heavy atom. The zero-order valence-electron chi connectivity index (χ0n) is 18.8. The first-order valence-corrected chi connectivity index (χ1v) is 11.4. The molecule has 0 spiro atoms. The van der Waals surface area contributed by atoms with Crippen molar-refractivity contribution in [3.8, 4) is 17.6 Å². The largest absolute Gasteiger partial charge is 0.489 e. The number of hydrogen-bond donors (Lipinski definition) is 3. The minimum Gasteiger partial charge on any atom is -0.489 e. The van der Waals surface area contributed by atoms with Crippen molar-refractivity contribution in [3.63, 3.8) is 0 Å². The van der Waals surface area contributed by atoms with Crippen LogP contribution in [-0.2, 0) is 11.2 Å². The summed E-state index contributed by atoms with van der Waals surface area (Å²) in [7, 11) is 0. The average molecular weight is 426 g/mol. The molecule has 6 atom stereocenters. The van der Waals surface area contributed by atoms with Crippen LogP contribution in [0.3, 0.4) is 0 Å². The molecule has 0 aromatic heterocycles. The molecule has 5 nitrogen and oxygen atoms in total. The molecule has 1 aromatic rings. The monoisotopic (exact) mass is 425 g/mol. The maximum atomic E-state index is 11.7. The summed E-state index contributed by atoms with van der Waals surface area (Å²) in [5.41, 5.74) is 2.26. The summed E-state index contributed by atoms with van der Waals surface area (Å²) >= 11 is 0. The zero-order chi connectivity index (χ0) is 22.4. The second-order valence-corrected chi connectivity index (χ2v) is 8.69. The minimum atomic E-state index is -0.588. The molecule has 0 bridgehead atoms. The van der Waals surface area contributed by atoms with E-state index in [1.165, 1.54) is 0 Å². The lowest BCUT2D eigenvalue weighted by Gasteiger charge is -2.19. The predicted octanol–water partition coefficient (Wildman–Crippen LogP) is 3.34. The Kier molecular flexibility index (Phi) is 8.17. The number of hydrogen-bond acceptors (Lipinski definition) is 4. The SMILES string of the molecule is CC#CC[C@@H](C)[C@H](O)C=C[C@@H]1[C@H]2c3cccc(CCCC(=O)NCC)c3O[C@H]2C[C@H]1O. The Morgan fingerprint density at radius 3 is 2.97 bits per heavy atom. The van der Waals surface area contributed by atoms with E-state index in [-0.39, 0.29) is 29.8 Å². The van der Waals surface area contributed by atoms with Gasteiger partial charge >= 0.3 is 0 Å². The van der Waals surface area contributed by atoms with E-state index in [4.69, 9.17) is 4.74 Å². The first kappa shape index (κ1) is 23.4. The van der Waals surface area contributed by atoms with Crippen molar-refractivity contribution in [3.05, 3.63) is 41.5 Å². The Bertz CT molecular complexity index is 853. The Balaban J connectivity index is 1.70. The van der Waals surface area contributed by atoms with Crippen LogP contribution in [-0.4, -0.2) is 41.0 Å². The Morgan fingerprint density at radius 1 is 1.42 bits per heavy atom. The van der Waals surface area contributed by atoms with Gasteiger partial charge in [0, 0.05) is 43.2 Å². The highest BCUT2D eigenvalue weighted by atomic mass is 16.5. The molecule has 31 heavy (non-hydrogen) atoms. The Labute approximate surface area is 185 Å². The summed E-state index contributed by atoms with van der Waals surface area (Å²) in [6.45, 7) is 6.36. The fourth-order valence-corrected chi connectivity index (χ4v) is 4.71. The van der Waals surface area contributed by atoms with Gasteiger partial charge in [-0.2, -0.15) is 0 Å². The summed E-state index contributed by atoms with van der Waals surface area (Å²) in [6.07, 6.45) is 5.95. The quantitative estimate of drug-likeness (QED) is 0.419. The van der Waals surface area contributed by atoms with Crippen LogP contribution < -0.4 is 10.1 Å². The number of para-hydroxylation sites is 1. The molecule has 3 N–H and O–H groups in total. The second-order valence-electron chi connectivity index (χ2n) is 8.69. The molecule has 1 aromatic carbocycles. The van der Waals surface area contributed by atoms with Gasteiger partial charge in [-0.25, -0.2) is 0 Å². The molecular formula is C26H35NO4.